The summed E-state index contributed by atoms with van der Waals surface area (Å²) in [6, 6.07) is 1.92. The summed E-state index contributed by atoms with van der Waals surface area (Å²) in [5.74, 6) is -3.46. The number of esters is 2. The lowest BCUT2D eigenvalue weighted by atomic mass is 9.91. The first-order valence-corrected chi connectivity index (χ1v) is 26.3. The standard InChI is InChI=1S/C18H17BrO6.C13H16O4.C11H15F.C6H10O.C4H10.C3H8.3C2H6/c1-7-5-11(21)6-12(22)13(7)18(24)25-17-9(3)8(2)14(10(4)20)16(23)15(17)19;1-6-8(3)12(17-10(5)14)9(4)7(2)11(6)13(15)16;1-5-10-7(2)6-8(3)11(12)9(10)4;1-4-5-6(2)7-3;1-3-4-2;1-3-2;3*1-2/h5-6,13,21,23H,1-4H3;1-5H3,(H,15,16);6H,5H2,1-4H3;4-5H,1H2,2-3H3;3-4H2,1-2H3;3H2,1-2H3;3*1-2H3/b;;;6-5+;;;;;. The predicted octanol–water partition coefficient (Wildman–Crippen LogP) is 17.3. The van der Waals surface area contributed by atoms with Crippen molar-refractivity contribution in [1.82, 2.24) is 0 Å². The molecule has 1 unspecified atom stereocenters. The van der Waals surface area contributed by atoms with Gasteiger partial charge in [0.2, 0.25) is 0 Å². The van der Waals surface area contributed by atoms with Gasteiger partial charge in [0.05, 0.1) is 24.0 Å². The smallest absolute Gasteiger partial charge is 0.336 e. The molecule has 0 fully saturated rings. The molecule has 3 aromatic carbocycles. The van der Waals surface area contributed by atoms with Gasteiger partial charge in [-0.3, -0.25) is 19.2 Å². The van der Waals surface area contributed by atoms with Crippen LogP contribution in [-0.4, -0.2) is 51.9 Å². The highest BCUT2D eigenvalue weighted by atomic mass is 79.9. The van der Waals surface area contributed by atoms with Gasteiger partial charge in [-0.05, 0) is 179 Å². The van der Waals surface area contributed by atoms with Gasteiger partial charge in [-0.2, -0.15) is 0 Å². The monoisotopic (exact) mass is 1100 g/mol. The zero-order valence-corrected chi connectivity index (χ0v) is 51.4. The Labute approximate surface area is 454 Å². The number of aromatic hydroxyl groups is 1. The molecule has 0 aromatic heterocycles. The number of phenolic OH excluding ortho intramolecular Hbond substituents is 1. The molecule has 0 aliphatic heterocycles. The van der Waals surface area contributed by atoms with Crippen LogP contribution in [0.15, 0.2) is 58.5 Å². The SMILES string of the molecule is C=C/C=C(\C)OC.CC.CC.CC.CC(=O)Oc1c(C)c(C)c(C(=O)O)c(C)c1C.CC(=O)c1c(C)c(C)c(OC(=O)C2C(=O)C=C(O)C=C2C)c(Br)c1O.CCC.CCCC.CCc1c(C)cc(C)c(F)c1C. The summed E-state index contributed by atoms with van der Waals surface area (Å²) >= 11 is 3.15. The van der Waals surface area contributed by atoms with Crippen LogP contribution in [0.25, 0.3) is 0 Å². The minimum absolute atomic E-state index is 0.0440. The zero-order chi connectivity index (χ0) is 59.5. The van der Waals surface area contributed by atoms with Crippen LogP contribution < -0.4 is 9.47 Å². The van der Waals surface area contributed by atoms with Crippen molar-refractivity contribution in [3.05, 3.63) is 131 Å². The number of methoxy groups -OCH3 is 1. The minimum atomic E-state index is -1.17. The number of ketones is 2. The number of aliphatic hydroxyl groups excluding tert-OH is 1. The number of phenols is 1. The lowest BCUT2D eigenvalue weighted by Gasteiger charge is -2.20. The Bertz CT molecular complexity index is 2330. The van der Waals surface area contributed by atoms with Crippen molar-refractivity contribution in [3.63, 3.8) is 0 Å². The number of hydrogen-bond donors (Lipinski definition) is 3. The van der Waals surface area contributed by atoms with Crippen LogP contribution in [0.4, 0.5) is 4.39 Å². The second kappa shape index (κ2) is 41.5. The van der Waals surface area contributed by atoms with E-state index in [1.165, 1.54) is 51.7 Å². The van der Waals surface area contributed by atoms with E-state index >= 15 is 0 Å². The molecular formula is C61H94BrFO11. The minimum Gasteiger partial charge on any atom is -0.508 e. The van der Waals surface area contributed by atoms with Crippen LogP contribution >= 0.6 is 15.9 Å². The van der Waals surface area contributed by atoms with Gasteiger partial charge in [-0.15, -0.1) is 0 Å². The fraction of sp³-hybridized carbons (Fsp3) is 0.492. The number of benzene rings is 3. The summed E-state index contributed by atoms with van der Waals surface area (Å²) in [7, 11) is 1.63. The van der Waals surface area contributed by atoms with Gasteiger partial charge in [0.15, 0.2) is 17.3 Å². The third kappa shape index (κ3) is 24.9. The first-order valence-electron chi connectivity index (χ1n) is 25.5. The number of carboxylic acid groups (broad SMARTS) is 1. The van der Waals surface area contributed by atoms with E-state index in [0.717, 1.165) is 34.9 Å². The maximum Gasteiger partial charge on any atom is 0.336 e. The molecule has 0 saturated heterocycles. The number of ether oxygens (including phenoxy) is 3. The Hall–Kier alpha value is -5.82. The molecule has 74 heavy (non-hydrogen) atoms. The molecule has 0 saturated carbocycles. The third-order valence-corrected chi connectivity index (χ3v) is 11.4. The summed E-state index contributed by atoms with van der Waals surface area (Å²) in [5, 5.41) is 28.8. The molecular weight excluding hydrogens is 1010 g/mol. The molecule has 418 valence electrons. The van der Waals surface area contributed by atoms with E-state index in [1.54, 1.807) is 60.8 Å². The molecule has 1 aliphatic rings. The average molecular weight is 1100 g/mol. The van der Waals surface area contributed by atoms with Crippen LogP contribution in [0.2, 0.25) is 0 Å². The number of Topliss-reactive ketones (excluding diaryl/α,β-unsaturated/α-hetero) is 1. The number of carboxylic acids is 1. The molecule has 13 heteroatoms. The molecule has 0 radical (unpaired) electrons. The van der Waals surface area contributed by atoms with Gasteiger partial charge in [0.1, 0.15) is 33.5 Å². The summed E-state index contributed by atoms with van der Waals surface area (Å²) in [6.45, 7) is 48.2. The molecule has 3 aromatic rings. The number of aryl methyl sites for hydroxylation is 2. The van der Waals surface area contributed by atoms with Crippen molar-refractivity contribution in [3.8, 4) is 17.2 Å². The quantitative estimate of drug-likeness (QED) is 0.0465. The number of rotatable bonds is 9. The second-order valence-electron chi connectivity index (χ2n) is 16.2. The summed E-state index contributed by atoms with van der Waals surface area (Å²) < 4.78 is 28.7. The Kier molecular flexibility index (Phi) is 43.3. The van der Waals surface area contributed by atoms with Gasteiger partial charge in [-0.25, -0.2) is 9.18 Å². The maximum atomic E-state index is 13.4. The van der Waals surface area contributed by atoms with Gasteiger partial charge in [-0.1, -0.05) is 114 Å². The topological polar surface area (TPSA) is 174 Å². The number of unbranched alkanes of at least 4 members (excludes halogenated alkanes) is 1. The van der Waals surface area contributed by atoms with Crippen molar-refractivity contribution in [1.29, 1.82) is 0 Å². The highest BCUT2D eigenvalue weighted by Crippen LogP contribution is 2.43. The molecule has 3 N–H and O–H groups in total. The molecule has 1 aliphatic carbocycles. The second-order valence-corrected chi connectivity index (χ2v) is 17.0. The Morgan fingerprint density at radius 1 is 0.689 bits per heavy atom. The first kappa shape index (κ1) is 77.1. The number of halogens is 2. The van der Waals surface area contributed by atoms with Crippen LogP contribution in [0.5, 0.6) is 17.2 Å². The fourth-order valence-electron chi connectivity index (χ4n) is 6.62. The van der Waals surface area contributed by atoms with E-state index in [0.29, 0.717) is 44.7 Å². The number of carbonyl (C=O) groups is 5. The Morgan fingerprint density at radius 2 is 1.12 bits per heavy atom. The molecule has 0 amide bonds. The number of carbonyl (C=O) groups excluding carboxylic acids is 4. The lowest BCUT2D eigenvalue weighted by Crippen LogP contribution is -2.30. The average Bonchev–Trinajstić information content (AvgIpc) is 3.34. The van der Waals surface area contributed by atoms with Gasteiger partial charge >= 0.3 is 17.9 Å². The highest BCUT2D eigenvalue weighted by Gasteiger charge is 2.33. The van der Waals surface area contributed by atoms with Gasteiger partial charge in [0.25, 0.3) is 0 Å². The zero-order valence-electron chi connectivity index (χ0n) is 49.9. The van der Waals surface area contributed by atoms with E-state index in [4.69, 9.17) is 19.3 Å². The molecule has 0 bridgehead atoms. The molecule has 4 rings (SSSR count). The van der Waals surface area contributed by atoms with Gasteiger partial charge in [0, 0.05) is 13.0 Å². The van der Waals surface area contributed by atoms with Crippen molar-refractivity contribution in [2.45, 2.75) is 192 Å². The first-order chi connectivity index (χ1) is 34.5. The van der Waals surface area contributed by atoms with E-state index in [9.17, 15) is 38.6 Å². The van der Waals surface area contributed by atoms with Crippen LogP contribution in [-0.2, 0) is 25.5 Å². The normalized spacial score (nSPS) is 11.7. The van der Waals surface area contributed by atoms with Crippen LogP contribution in [0.1, 0.15) is 199 Å². The summed E-state index contributed by atoms with van der Waals surface area (Å²) in [6.07, 6.45) is 10.6. The van der Waals surface area contributed by atoms with Crippen molar-refractivity contribution in [2.75, 3.05) is 7.11 Å². The fourth-order valence-corrected chi connectivity index (χ4v) is 7.19. The van der Waals surface area contributed by atoms with E-state index < -0.39 is 29.6 Å². The predicted molar refractivity (Wildman–Crippen MR) is 309 cm³/mol. The Morgan fingerprint density at radius 3 is 1.46 bits per heavy atom. The largest absolute Gasteiger partial charge is 0.508 e. The van der Waals surface area contributed by atoms with E-state index in [2.05, 4.69) is 57.1 Å². The maximum absolute atomic E-state index is 13.4. The third-order valence-electron chi connectivity index (χ3n) is 10.7. The molecule has 11 nitrogen and oxygen atoms in total. The summed E-state index contributed by atoms with van der Waals surface area (Å²) in [5.41, 5.74) is 8.34. The lowest BCUT2D eigenvalue weighted by molar-refractivity contribution is -0.141. The molecule has 1 atom stereocenters. The van der Waals surface area contributed by atoms with Crippen molar-refractivity contribution < 1.29 is 57.9 Å². The highest BCUT2D eigenvalue weighted by molar-refractivity contribution is 9.10. The van der Waals surface area contributed by atoms with Gasteiger partial charge < -0.3 is 29.5 Å². The summed E-state index contributed by atoms with van der Waals surface area (Å²) in [4.78, 5) is 58.4. The van der Waals surface area contributed by atoms with Crippen molar-refractivity contribution >= 4 is 45.4 Å². The Balaban J connectivity index is -0.000000282. The number of aliphatic hydroxyl groups is 1. The molecule has 0 spiro atoms. The van der Waals surface area contributed by atoms with E-state index in [1.807, 2.05) is 75.3 Å². The number of allylic oxidation sites excluding steroid dienone is 5. The van der Waals surface area contributed by atoms with Crippen LogP contribution in [0, 0.1) is 74.0 Å². The molecule has 0 heterocycles. The number of aromatic carboxylic acids is 1. The van der Waals surface area contributed by atoms with E-state index in [-0.39, 0.29) is 44.5 Å². The number of hydrogen-bond acceptors (Lipinski definition) is 10. The van der Waals surface area contributed by atoms with Crippen LogP contribution in [0.3, 0.4) is 0 Å². The van der Waals surface area contributed by atoms with Crippen molar-refractivity contribution in [2.24, 2.45) is 5.92 Å².